The Morgan fingerprint density at radius 1 is 1.00 bits per heavy atom. The van der Waals surface area contributed by atoms with Crippen molar-refractivity contribution in [2.75, 3.05) is 0 Å². The van der Waals surface area contributed by atoms with Gasteiger partial charge in [0.15, 0.2) is 5.65 Å². The monoisotopic (exact) mass is 352 g/mol. The van der Waals surface area contributed by atoms with E-state index in [1.54, 1.807) is 24.4 Å². The Bertz CT molecular complexity index is 1140. The minimum Gasteiger partial charge on any atom is -0.258 e. The SMILES string of the molecule is O=[N+]([O-])c1cc(-c2ccnc3c(-c4ccc(F)cc4)cnn23)ccc1F. The standard InChI is InChI=1S/C18H10F2N4O2/c19-13-4-1-11(2-5-13)14-10-22-23-16(7-8-21-18(14)23)12-3-6-15(20)17(9-12)24(25)26/h1-10H. The van der Waals surface area contributed by atoms with E-state index in [2.05, 4.69) is 10.1 Å². The zero-order valence-corrected chi connectivity index (χ0v) is 13.1. The van der Waals surface area contributed by atoms with Crippen LogP contribution in [0.5, 0.6) is 0 Å². The minimum atomic E-state index is -0.906. The molecular formula is C18H10F2N4O2. The Balaban J connectivity index is 1.89. The molecule has 0 atom stereocenters. The molecule has 0 saturated carbocycles. The maximum Gasteiger partial charge on any atom is 0.305 e. The summed E-state index contributed by atoms with van der Waals surface area (Å²) in [6.45, 7) is 0. The van der Waals surface area contributed by atoms with Crippen LogP contribution in [-0.2, 0) is 0 Å². The van der Waals surface area contributed by atoms with Crippen molar-refractivity contribution in [2.24, 2.45) is 0 Å². The van der Waals surface area contributed by atoms with E-state index in [-0.39, 0.29) is 5.82 Å². The van der Waals surface area contributed by atoms with E-state index in [0.717, 1.165) is 17.7 Å². The predicted molar refractivity (Wildman–Crippen MR) is 90.4 cm³/mol. The number of benzene rings is 2. The van der Waals surface area contributed by atoms with Gasteiger partial charge in [-0.05, 0) is 35.9 Å². The van der Waals surface area contributed by atoms with Gasteiger partial charge in [0.25, 0.3) is 0 Å². The topological polar surface area (TPSA) is 73.3 Å². The fraction of sp³-hybridized carbons (Fsp3) is 0. The molecule has 4 aromatic rings. The van der Waals surface area contributed by atoms with Gasteiger partial charge in [0, 0.05) is 23.4 Å². The molecule has 2 heterocycles. The predicted octanol–water partition coefficient (Wildman–Crippen LogP) is 4.25. The van der Waals surface area contributed by atoms with Crippen LogP contribution in [0.1, 0.15) is 0 Å². The first-order valence-corrected chi connectivity index (χ1v) is 7.57. The van der Waals surface area contributed by atoms with Gasteiger partial charge < -0.3 is 0 Å². The van der Waals surface area contributed by atoms with E-state index in [0.29, 0.717) is 22.5 Å². The molecule has 0 aliphatic rings. The smallest absolute Gasteiger partial charge is 0.258 e. The lowest BCUT2D eigenvalue weighted by Crippen LogP contribution is -1.98. The summed E-state index contributed by atoms with van der Waals surface area (Å²) in [6.07, 6.45) is 3.12. The number of rotatable bonds is 3. The fourth-order valence-electron chi connectivity index (χ4n) is 2.76. The van der Waals surface area contributed by atoms with E-state index in [9.17, 15) is 18.9 Å². The summed E-state index contributed by atoms with van der Waals surface area (Å²) in [5, 5.41) is 15.3. The van der Waals surface area contributed by atoms with Gasteiger partial charge in [-0.2, -0.15) is 9.49 Å². The van der Waals surface area contributed by atoms with Gasteiger partial charge >= 0.3 is 5.69 Å². The fourth-order valence-corrected chi connectivity index (χ4v) is 2.76. The summed E-state index contributed by atoms with van der Waals surface area (Å²) < 4.78 is 28.3. The molecule has 2 aromatic heterocycles. The van der Waals surface area contributed by atoms with Crippen LogP contribution in [0.4, 0.5) is 14.5 Å². The molecule has 0 saturated heterocycles. The molecule has 2 aromatic carbocycles. The largest absolute Gasteiger partial charge is 0.305 e. The highest BCUT2D eigenvalue weighted by molar-refractivity contribution is 5.79. The number of aromatic nitrogens is 3. The Labute approximate surface area is 145 Å². The first-order chi connectivity index (χ1) is 12.5. The van der Waals surface area contributed by atoms with Crippen LogP contribution < -0.4 is 0 Å². The second kappa shape index (κ2) is 5.99. The van der Waals surface area contributed by atoms with Gasteiger partial charge in [-0.15, -0.1) is 0 Å². The van der Waals surface area contributed by atoms with Gasteiger partial charge in [0.1, 0.15) is 5.82 Å². The lowest BCUT2D eigenvalue weighted by molar-refractivity contribution is -0.387. The molecule has 0 N–H and O–H groups in total. The van der Waals surface area contributed by atoms with E-state index < -0.39 is 16.4 Å². The Hall–Kier alpha value is -3.68. The van der Waals surface area contributed by atoms with Crippen LogP contribution in [0.15, 0.2) is 60.9 Å². The quantitative estimate of drug-likeness (QED) is 0.408. The zero-order chi connectivity index (χ0) is 18.3. The van der Waals surface area contributed by atoms with Crippen molar-refractivity contribution in [1.82, 2.24) is 14.6 Å². The minimum absolute atomic E-state index is 0.350. The normalized spacial score (nSPS) is 11.0. The molecule has 128 valence electrons. The molecule has 0 unspecified atom stereocenters. The average Bonchev–Trinajstić information content (AvgIpc) is 3.07. The highest BCUT2D eigenvalue weighted by atomic mass is 19.1. The number of nitrogens with zero attached hydrogens (tertiary/aromatic N) is 4. The molecule has 0 radical (unpaired) electrons. The molecule has 0 aliphatic carbocycles. The summed E-state index contributed by atoms with van der Waals surface area (Å²) in [7, 11) is 0. The highest BCUT2D eigenvalue weighted by Gasteiger charge is 2.17. The van der Waals surface area contributed by atoms with E-state index in [1.165, 1.54) is 28.9 Å². The van der Waals surface area contributed by atoms with Crippen LogP contribution >= 0.6 is 0 Å². The Morgan fingerprint density at radius 3 is 2.46 bits per heavy atom. The molecule has 26 heavy (non-hydrogen) atoms. The lowest BCUT2D eigenvalue weighted by atomic mass is 10.1. The number of hydrogen-bond donors (Lipinski definition) is 0. The first-order valence-electron chi connectivity index (χ1n) is 7.57. The molecule has 0 fully saturated rings. The summed E-state index contributed by atoms with van der Waals surface area (Å²) in [6, 6.07) is 11.2. The third-order valence-electron chi connectivity index (χ3n) is 4.00. The van der Waals surface area contributed by atoms with Gasteiger partial charge in [0.2, 0.25) is 5.82 Å². The summed E-state index contributed by atoms with van der Waals surface area (Å²) in [4.78, 5) is 14.5. The Morgan fingerprint density at radius 2 is 1.73 bits per heavy atom. The van der Waals surface area contributed by atoms with Gasteiger partial charge in [-0.1, -0.05) is 12.1 Å². The van der Waals surface area contributed by atoms with Gasteiger partial charge in [-0.25, -0.2) is 13.9 Å². The van der Waals surface area contributed by atoms with Gasteiger partial charge in [0.05, 0.1) is 16.8 Å². The number of hydrogen-bond acceptors (Lipinski definition) is 4. The van der Waals surface area contributed by atoms with Crippen LogP contribution in [0.25, 0.3) is 28.0 Å². The lowest BCUT2D eigenvalue weighted by Gasteiger charge is -2.06. The summed E-state index contributed by atoms with van der Waals surface area (Å²) in [5.41, 5.74) is 2.25. The second-order valence-corrected chi connectivity index (χ2v) is 5.55. The summed E-state index contributed by atoms with van der Waals surface area (Å²) >= 11 is 0. The second-order valence-electron chi connectivity index (χ2n) is 5.55. The van der Waals surface area contributed by atoms with Crippen molar-refractivity contribution in [3.8, 4) is 22.4 Å². The third kappa shape index (κ3) is 2.57. The number of nitro benzene ring substituents is 1. The number of fused-ring (bicyclic) bond motifs is 1. The first kappa shape index (κ1) is 15.8. The van der Waals surface area contributed by atoms with E-state index >= 15 is 0 Å². The molecule has 8 heteroatoms. The maximum atomic E-state index is 13.6. The van der Waals surface area contributed by atoms with Crippen LogP contribution in [-0.4, -0.2) is 19.5 Å². The average molecular weight is 352 g/mol. The van der Waals surface area contributed by atoms with Crippen molar-refractivity contribution >= 4 is 11.3 Å². The van der Waals surface area contributed by atoms with Crippen molar-refractivity contribution in [3.05, 3.63) is 82.7 Å². The van der Waals surface area contributed by atoms with Crippen LogP contribution in [0.2, 0.25) is 0 Å². The molecular weight excluding hydrogens is 342 g/mol. The molecule has 4 rings (SSSR count). The maximum absolute atomic E-state index is 13.6. The third-order valence-corrected chi connectivity index (χ3v) is 4.00. The summed E-state index contributed by atoms with van der Waals surface area (Å²) in [5.74, 6) is -1.26. The van der Waals surface area contributed by atoms with Crippen LogP contribution in [0.3, 0.4) is 0 Å². The highest BCUT2D eigenvalue weighted by Crippen LogP contribution is 2.29. The van der Waals surface area contributed by atoms with Crippen LogP contribution in [0, 0.1) is 21.7 Å². The van der Waals surface area contributed by atoms with E-state index in [4.69, 9.17) is 0 Å². The zero-order valence-electron chi connectivity index (χ0n) is 13.1. The molecule has 0 spiro atoms. The van der Waals surface area contributed by atoms with Gasteiger partial charge in [-0.3, -0.25) is 10.1 Å². The van der Waals surface area contributed by atoms with Crippen molar-refractivity contribution in [1.29, 1.82) is 0 Å². The number of halogens is 2. The Kier molecular flexibility index (Phi) is 3.65. The van der Waals surface area contributed by atoms with Crippen molar-refractivity contribution in [3.63, 3.8) is 0 Å². The van der Waals surface area contributed by atoms with E-state index in [1.807, 2.05) is 0 Å². The molecule has 0 amide bonds. The molecule has 0 aliphatic heterocycles. The van der Waals surface area contributed by atoms with Crippen molar-refractivity contribution < 1.29 is 13.7 Å². The number of nitro groups is 1. The molecule has 6 nitrogen and oxygen atoms in total. The molecule has 0 bridgehead atoms. The van der Waals surface area contributed by atoms with Crippen molar-refractivity contribution in [2.45, 2.75) is 0 Å².